The standard InChI is InChI=1S/C10H12N2S/c1-7-4-10(7)12-6-9-3-2-8(5-11)13-9/h2-3,7,10,12H,4,6H2,1H3. The summed E-state index contributed by atoms with van der Waals surface area (Å²) in [6, 6.07) is 6.78. The van der Waals surface area contributed by atoms with Crippen LogP contribution in [0.25, 0.3) is 0 Å². The van der Waals surface area contributed by atoms with Gasteiger partial charge in [-0.1, -0.05) is 6.92 Å². The zero-order chi connectivity index (χ0) is 9.26. The van der Waals surface area contributed by atoms with E-state index in [9.17, 15) is 0 Å². The maximum Gasteiger partial charge on any atom is 0.110 e. The molecule has 0 radical (unpaired) electrons. The zero-order valence-corrected chi connectivity index (χ0v) is 8.40. The normalized spacial score (nSPS) is 25.5. The van der Waals surface area contributed by atoms with E-state index >= 15 is 0 Å². The van der Waals surface area contributed by atoms with E-state index < -0.39 is 0 Å². The lowest BCUT2D eigenvalue weighted by Gasteiger charge is -1.98. The maximum absolute atomic E-state index is 8.62. The van der Waals surface area contributed by atoms with Gasteiger partial charge >= 0.3 is 0 Å². The number of nitrogens with zero attached hydrogens (tertiary/aromatic N) is 1. The average molecular weight is 192 g/mol. The van der Waals surface area contributed by atoms with Crippen molar-refractivity contribution in [3.05, 3.63) is 21.9 Å². The third kappa shape index (κ3) is 2.09. The van der Waals surface area contributed by atoms with Crippen molar-refractivity contribution in [2.24, 2.45) is 5.92 Å². The summed E-state index contributed by atoms with van der Waals surface area (Å²) in [5.41, 5.74) is 0. The molecule has 0 saturated heterocycles. The summed E-state index contributed by atoms with van der Waals surface area (Å²) in [5.74, 6) is 0.843. The Bertz CT molecular complexity index is 337. The molecule has 1 aliphatic carbocycles. The Kier molecular flexibility index (Phi) is 2.34. The first kappa shape index (κ1) is 8.74. The van der Waals surface area contributed by atoms with Crippen molar-refractivity contribution in [1.82, 2.24) is 5.32 Å². The van der Waals surface area contributed by atoms with Crippen LogP contribution in [0.1, 0.15) is 23.1 Å². The number of hydrogen-bond acceptors (Lipinski definition) is 3. The monoisotopic (exact) mass is 192 g/mol. The van der Waals surface area contributed by atoms with Gasteiger partial charge in [0.15, 0.2) is 0 Å². The van der Waals surface area contributed by atoms with Crippen molar-refractivity contribution in [3.63, 3.8) is 0 Å². The molecule has 2 unspecified atom stereocenters. The van der Waals surface area contributed by atoms with Gasteiger partial charge in [-0.05, 0) is 24.5 Å². The molecule has 13 heavy (non-hydrogen) atoms. The lowest BCUT2D eigenvalue weighted by atomic mass is 10.4. The highest BCUT2D eigenvalue weighted by atomic mass is 32.1. The minimum Gasteiger partial charge on any atom is -0.309 e. The number of hydrogen-bond donors (Lipinski definition) is 1. The van der Waals surface area contributed by atoms with Crippen LogP contribution in [0.5, 0.6) is 0 Å². The van der Waals surface area contributed by atoms with Crippen LogP contribution in [0.3, 0.4) is 0 Å². The van der Waals surface area contributed by atoms with Crippen molar-refractivity contribution in [3.8, 4) is 6.07 Å². The van der Waals surface area contributed by atoms with Crippen LogP contribution >= 0.6 is 11.3 Å². The quantitative estimate of drug-likeness (QED) is 0.796. The Morgan fingerprint density at radius 2 is 2.46 bits per heavy atom. The molecular formula is C10H12N2S. The molecule has 1 aromatic heterocycles. The Labute approximate surface area is 82.2 Å². The van der Waals surface area contributed by atoms with E-state index in [1.165, 1.54) is 11.3 Å². The highest BCUT2D eigenvalue weighted by molar-refractivity contribution is 7.12. The van der Waals surface area contributed by atoms with Gasteiger partial charge in [-0.3, -0.25) is 0 Å². The summed E-state index contributed by atoms with van der Waals surface area (Å²) in [7, 11) is 0. The Morgan fingerprint density at radius 3 is 3.00 bits per heavy atom. The summed E-state index contributed by atoms with van der Waals surface area (Å²) in [5, 5.41) is 12.1. The minimum atomic E-state index is 0.715. The van der Waals surface area contributed by atoms with Gasteiger partial charge in [0.25, 0.3) is 0 Å². The average Bonchev–Trinajstić information content (AvgIpc) is 2.68. The van der Waals surface area contributed by atoms with Crippen molar-refractivity contribution in [2.45, 2.75) is 25.9 Å². The molecule has 2 atom stereocenters. The smallest absolute Gasteiger partial charge is 0.110 e. The lowest BCUT2D eigenvalue weighted by molar-refractivity contribution is 0.658. The van der Waals surface area contributed by atoms with Crippen molar-refractivity contribution in [2.75, 3.05) is 0 Å². The van der Waals surface area contributed by atoms with Crippen LogP contribution < -0.4 is 5.32 Å². The molecule has 1 fully saturated rings. The second-order valence-corrected chi connectivity index (χ2v) is 4.75. The van der Waals surface area contributed by atoms with Gasteiger partial charge in [0.1, 0.15) is 10.9 Å². The van der Waals surface area contributed by atoms with Crippen LogP contribution in [-0.4, -0.2) is 6.04 Å². The van der Waals surface area contributed by atoms with Crippen molar-refractivity contribution in [1.29, 1.82) is 5.26 Å². The van der Waals surface area contributed by atoms with Gasteiger partial charge in [0.2, 0.25) is 0 Å². The fraction of sp³-hybridized carbons (Fsp3) is 0.500. The van der Waals surface area contributed by atoms with Crippen LogP contribution in [0.2, 0.25) is 0 Å². The molecule has 3 heteroatoms. The van der Waals surface area contributed by atoms with E-state index in [1.807, 2.05) is 12.1 Å². The Morgan fingerprint density at radius 1 is 1.69 bits per heavy atom. The van der Waals surface area contributed by atoms with E-state index in [0.717, 1.165) is 17.3 Å². The van der Waals surface area contributed by atoms with Crippen LogP contribution in [-0.2, 0) is 6.54 Å². The molecular weight excluding hydrogens is 180 g/mol. The summed E-state index contributed by atoms with van der Waals surface area (Å²) in [6.45, 7) is 3.17. The van der Waals surface area contributed by atoms with Gasteiger partial charge in [0, 0.05) is 17.5 Å². The van der Waals surface area contributed by atoms with Crippen LogP contribution in [0.15, 0.2) is 12.1 Å². The van der Waals surface area contributed by atoms with Crippen LogP contribution in [0.4, 0.5) is 0 Å². The lowest BCUT2D eigenvalue weighted by Crippen LogP contribution is -2.16. The number of nitriles is 1. The van der Waals surface area contributed by atoms with Gasteiger partial charge in [-0.25, -0.2) is 0 Å². The van der Waals surface area contributed by atoms with Crippen LogP contribution in [0, 0.1) is 17.2 Å². The van der Waals surface area contributed by atoms with Gasteiger partial charge in [-0.2, -0.15) is 5.26 Å². The molecule has 68 valence electrons. The van der Waals surface area contributed by atoms with Gasteiger partial charge in [0.05, 0.1) is 0 Å². The third-order valence-electron chi connectivity index (χ3n) is 2.42. The van der Waals surface area contributed by atoms with Crippen molar-refractivity contribution < 1.29 is 0 Å². The second-order valence-electron chi connectivity index (χ2n) is 3.58. The number of nitrogens with one attached hydrogen (secondary N) is 1. The van der Waals surface area contributed by atoms with E-state index in [-0.39, 0.29) is 0 Å². The van der Waals surface area contributed by atoms with Crippen molar-refractivity contribution >= 4 is 11.3 Å². The van der Waals surface area contributed by atoms with Gasteiger partial charge in [-0.15, -0.1) is 11.3 Å². The SMILES string of the molecule is CC1CC1NCc1ccc(C#N)s1. The number of thiophene rings is 1. The first-order valence-electron chi connectivity index (χ1n) is 4.52. The van der Waals surface area contributed by atoms with E-state index in [2.05, 4.69) is 18.3 Å². The predicted octanol–water partition coefficient (Wildman–Crippen LogP) is 2.12. The molecule has 0 aromatic carbocycles. The molecule has 2 nitrogen and oxygen atoms in total. The number of rotatable bonds is 3. The van der Waals surface area contributed by atoms with Gasteiger partial charge < -0.3 is 5.32 Å². The molecule has 1 aromatic rings. The summed E-state index contributed by atoms with van der Waals surface area (Å²) >= 11 is 1.58. The largest absolute Gasteiger partial charge is 0.309 e. The Balaban J connectivity index is 1.84. The zero-order valence-electron chi connectivity index (χ0n) is 7.58. The molecule has 1 N–H and O–H groups in total. The molecule has 1 aliphatic rings. The highest BCUT2D eigenvalue weighted by Crippen LogP contribution is 2.29. The molecule has 2 rings (SSSR count). The fourth-order valence-corrected chi connectivity index (χ4v) is 2.13. The second kappa shape index (κ2) is 3.49. The van der Waals surface area contributed by atoms with E-state index in [0.29, 0.717) is 6.04 Å². The molecule has 0 aliphatic heterocycles. The molecule has 0 spiro atoms. The molecule has 1 heterocycles. The maximum atomic E-state index is 8.62. The first-order chi connectivity index (χ1) is 6.29. The summed E-state index contributed by atoms with van der Waals surface area (Å²) in [4.78, 5) is 2.07. The minimum absolute atomic E-state index is 0.715. The van der Waals surface area contributed by atoms with E-state index in [4.69, 9.17) is 5.26 Å². The molecule has 1 saturated carbocycles. The third-order valence-corrected chi connectivity index (χ3v) is 3.41. The predicted molar refractivity (Wildman–Crippen MR) is 53.4 cm³/mol. The molecule has 0 amide bonds. The molecule has 0 bridgehead atoms. The Hall–Kier alpha value is -0.850. The summed E-state index contributed by atoms with van der Waals surface area (Å²) < 4.78 is 0. The highest BCUT2D eigenvalue weighted by Gasteiger charge is 2.31. The summed E-state index contributed by atoms with van der Waals surface area (Å²) in [6.07, 6.45) is 1.30. The topological polar surface area (TPSA) is 35.8 Å². The first-order valence-corrected chi connectivity index (χ1v) is 5.33. The van der Waals surface area contributed by atoms with E-state index in [1.54, 1.807) is 11.3 Å². The fourth-order valence-electron chi connectivity index (χ4n) is 1.37.